The second kappa shape index (κ2) is 6.08. The number of aromatic nitrogens is 3. The fourth-order valence-corrected chi connectivity index (χ4v) is 2.77. The molecule has 0 aliphatic heterocycles. The zero-order valence-electron chi connectivity index (χ0n) is 13.3. The third kappa shape index (κ3) is 2.48. The Hall–Kier alpha value is -3.27. The van der Waals surface area contributed by atoms with Gasteiger partial charge in [0.15, 0.2) is 5.82 Å². The molecule has 4 nitrogen and oxygen atoms in total. The van der Waals surface area contributed by atoms with E-state index in [9.17, 15) is 0 Å². The van der Waals surface area contributed by atoms with Crippen LogP contribution in [0.3, 0.4) is 0 Å². The summed E-state index contributed by atoms with van der Waals surface area (Å²) in [6, 6.07) is 22.0. The highest BCUT2D eigenvalue weighted by Gasteiger charge is 2.14. The van der Waals surface area contributed by atoms with E-state index in [2.05, 4.69) is 10.3 Å². The van der Waals surface area contributed by atoms with Crippen LogP contribution in [0.1, 0.15) is 0 Å². The zero-order valence-corrected chi connectivity index (χ0v) is 13.3. The number of nitrogens with zero attached hydrogens (tertiary/aromatic N) is 3. The number of hydrogen-bond donors (Lipinski definition) is 1. The summed E-state index contributed by atoms with van der Waals surface area (Å²) >= 11 is 0. The number of para-hydroxylation sites is 1. The van der Waals surface area contributed by atoms with Crippen LogP contribution < -0.4 is 5.32 Å². The summed E-state index contributed by atoms with van der Waals surface area (Å²) in [4.78, 5) is 14.1. The first-order valence-electron chi connectivity index (χ1n) is 7.82. The van der Waals surface area contributed by atoms with Crippen molar-refractivity contribution in [2.75, 3.05) is 12.4 Å². The highest BCUT2D eigenvalue weighted by atomic mass is 14.9. The molecule has 0 saturated heterocycles. The van der Waals surface area contributed by atoms with Crippen molar-refractivity contribution in [3.63, 3.8) is 0 Å². The Bertz CT molecular complexity index is 997. The van der Waals surface area contributed by atoms with Crippen molar-refractivity contribution in [2.45, 2.75) is 0 Å². The van der Waals surface area contributed by atoms with Gasteiger partial charge < -0.3 is 5.32 Å². The van der Waals surface area contributed by atoms with E-state index in [1.54, 1.807) is 6.20 Å². The van der Waals surface area contributed by atoms with E-state index < -0.39 is 0 Å². The first-order valence-corrected chi connectivity index (χ1v) is 7.82. The van der Waals surface area contributed by atoms with Gasteiger partial charge in [0.2, 0.25) is 0 Å². The summed E-state index contributed by atoms with van der Waals surface area (Å²) in [6.07, 6.45) is 1.79. The number of anilines is 1. The molecule has 24 heavy (non-hydrogen) atoms. The van der Waals surface area contributed by atoms with E-state index in [-0.39, 0.29) is 0 Å². The molecule has 2 aromatic heterocycles. The van der Waals surface area contributed by atoms with Crippen LogP contribution in [0, 0.1) is 0 Å². The predicted molar refractivity (Wildman–Crippen MR) is 97.8 cm³/mol. The average Bonchev–Trinajstić information content (AvgIpc) is 2.68. The third-order valence-electron chi connectivity index (χ3n) is 3.94. The van der Waals surface area contributed by atoms with Gasteiger partial charge in [-0.05, 0) is 18.2 Å². The van der Waals surface area contributed by atoms with Crippen LogP contribution in [-0.4, -0.2) is 22.0 Å². The molecule has 0 aliphatic rings. The normalized spacial score (nSPS) is 10.7. The van der Waals surface area contributed by atoms with E-state index in [0.29, 0.717) is 5.82 Å². The molecule has 116 valence electrons. The van der Waals surface area contributed by atoms with Gasteiger partial charge in [0.05, 0.1) is 11.2 Å². The molecule has 1 N–H and O–H groups in total. The molecule has 0 spiro atoms. The first kappa shape index (κ1) is 14.3. The van der Waals surface area contributed by atoms with Crippen molar-refractivity contribution in [1.82, 2.24) is 15.0 Å². The minimum Gasteiger partial charge on any atom is -0.386 e. The largest absolute Gasteiger partial charge is 0.386 e. The lowest BCUT2D eigenvalue weighted by Crippen LogP contribution is -1.99. The van der Waals surface area contributed by atoms with Crippen molar-refractivity contribution in [1.29, 1.82) is 0 Å². The Morgan fingerprint density at radius 1 is 0.750 bits per heavy atom. The van der Waals surface area contributed by atoms with Crippen molar-refractivity contribution in [3.8, 4) is 22.8 Å². The molecule has 0 unspecified atom stereocenters. The lowest BCUT2D eigenvalue weighted by atomic mass is 10.1. The van der Waals surface area contributed by atoms with Gasteiger partial charge in [-0.15, -0.1) is 0 Å². The molecule has 0 aliphatic carbocycles. The molecular weight excluding hydrogens is 296 g/mol. The van der Waals surface area contributed by atoms with Crippen molar-refractivity contribution >= 4 is 16.6 Å². The molecule has 4 heteroatoms. The van der Waals surface area contributed by atoms with Gasteiger partial charge in [0.25, 0.3) is 0 Å². The molecule has 0 fully saturated rings. The van der Waals surface area contributed by atoms with Gasteiger partial charge in [-0.2, -0.15) is 0 Å². The number of benzene rings is 2. The fraction of sp³-hybridized carbons (Fsp3) is 0.0500. The molecule has 0 bridgehead atoms. The van der Waals surface area contributed by atoms with Gasteiger partial charge in [-0.1, -0.05) is 48.5 Å². The zero-order chi connectivity index (χ0) is 16.4. The molecule has 0 radical (unpaired) electrons. The van der Waals surface area contributed by atoms with E-state index in [1.165, 1.54) is 0 Å². The van der Waals surface area contributed by atoms with Gasteiger partial charge in [-0.3, -0.25) is 4.98 Å². The maximum absolute atomic E-state index is 4.84. The monoisotopic (exact) mass is 312 g/mol. The highest BCUT2D eigenvalue weighted by Crippen LogP contribution is 2.31. The van der Waals surface area contributed by atoms with E-state index in [0.717, 1.165) is 33.5 Å². The Morgan fingerprint density at radius 3 is 2.38 bits per heavy atom. The topological polar surface area (TPSA) is 50.7 Å². The lowest BCUT2D eigenvalue weighted by molar-refractivity contribution is 1.20. The smallest absolute Gasteiger partial charge is 0.160 e. The van der Waals surface area contributed by atoms with E-state index in [1.807, 2.05) is 73.8 Å². The minimum absolute atomic E-state index is 0.706. The average molecular weight is 312 g/mol. The second-order valence-electron chi connectivity index (χ2n) is 5.43. The Labute approximate surface area is 140 Å². The van der Waals surface area contributed by atoms with Crippen LogP contribution in [0.4, 0.5) is 5.69 Å². The molecule has 0 saturated carbocycles. The number of fused-ring (bicyclic) bond motifs is 1. The van der Waals surface area contributed by atoms with Gasteiger partial charge in [0.1, 0.15) is 11.4 Å². The first-order chi connectivity index (χ1) is 11.9. The number of nitrogens with one attached hydrogen (secondary N) is 1. The van der Waals surface area contributed by atoms with Crippen LogP contribution in [0.15, 0.2) is 72.9 Å². The number of rotatable bonds is 3. The standard InChI is InChI=1S/C20H16N4/c1-21-17-12-7-13-22-19(17)18-15-10-5-6-11-16(15)23-20(24-18)14-8-3-2-4-9-14/h2-13,21H,1H3. The quantitative estimate of drug-likeness (QED) is 0.609. The lowest BCUT2D eigenvalue weighted by Gasteiger charge is -2.11. The maximum atomic E-state index is 4.84. The molecule has 4 aromatic rings. The Morgan fingerprint density at radius 2 is 1.54 bits per heavy atom. The second-order valence-corrected chi connectivity index (χ2v) is 5.43. The van der Waals surface area contributed by atoms with Crippen LogP contribution >= 0.6 is 0 Å². The Balaban J connectivity index is 2.03. The van der Waals surface area contributed by atoms with Crippen LogP contribution in [0.25, 0.3) is 33.7 Å². The van der Waals surface area contributed by atoms with Crippen molar-refractivity contribution in [3.05, 3.63) is 72.9 Å². The number of pyridine rings is 1. The molecule has 0 amide bonds. The predicted octanol–water partition coefficient (Wildman–Crippen LogP) is 4.40. The summed E-state index contributed by atoms with van der Waals surface area (Å²) in [6.45, 7) is 0. The summed E-state index contributed by atoms with van der Waals surface area (Å²) in [5.74, 6) is 0.706. The highest BCUT2D eigenvalue weighted by molar-refractivity contribution is 5.95. The molecule has 0 atom stereocenters. The van der Waals surface area contributed by atoms with Crippen LogP contribution in [0.5, 0.6) is 0 Å². The molecule has 2 heterocycles. The molecular formula is C20H16N4. The summed E-state index contributed by atoms with van der Waals surface area (Å²) < 4.78 is 0. The Kier molecular flexibility index (Phi) is 3.63. The molecule has 2 aromatic carbocycles. The van der Waals surface area contributed by atoms with Crippen molar-refractivity contribution < 1.29 is 0 Å². The summed E-state index contributed by atoms with van der Waals surface area (Å²) in [5.41, 5.74) is 4.51. The maximum Gasteiger partial charge on any atom is 0.160 e. The fourth-order valence-electron chi connectivity index (χ4n) is 2.77. The van der Waals surface area contributed by atoms with Gasteiger partial charge in [-0.25, -0.2) is 9.97 Å². The SMILES string of the molecule is CNc1cccnc1-c1nc(-c2ccccc2)nc2ccccc12. The summed E-state index contributed by atoms with van der Waals surface area (Å²) in [5, 5.41) is 4.19. The number of hydrogen-bond acceptors (Lipinski definition) is 4. The van der Waals surface area contributed by atoms with Crippen molar-refractivity contribution in [2.24, 2.45) is 0 Å². The van der Waals surface area contributed by atoms with Gasteiger partial charge >= 0.3 is 0 Å². The van der Waals surface area contributed by atoms with Gasteiger partial charge in [0, 0.05) is 24.2 Å². The van der Waals surface area contributed by atoms with Crippen LogP contribution in [0.2, 0.25) is 0 Å². The minimum atomic E-state index is 0.706. The van der Waals surface area contributed by atoms with E-state index >= 15 is 0 Å². The van der Waals surface area contributed by atoms with E-state index in [4.69, 9.17) is 9.97 Å². The molecule has 4 rings (SSSR count). The van der Waals surface area contributed by atoms with Crippen LogP contribution in [-0.2, 0) is 0 Å². The third-order valence-corrected chi connectivity index (χ3v) is 3.94. The summed E-state index contributed by atoms with van der Waals surface area (Å²) in [7, 11) is 1.89.